The van der Waals surface area contributed by atoms with Gasteiger partial charge in [0.15, 0.2) is 0 Å². The topological polar surface area (TPSA) is 47.3 Å². The minimum absolute atomic E-state index is 0.0520. The van der Waals surface area contributed by atoms with E-state index in [9.17, 15) is 0 Å². The Bertz CT molecular complexity index is 335. The quantitative estimate of drug-likeness (QED) is 0.577. The molecule has 3 heteroatoms. The van der Waals surface area contributed by atoms with Crippen molar-refractivity contribution in [2.75, 3.05) is 7.11 Å². The third-order valence-electron chi connectivity index (χ3n) is 3.39. The number of nitrogens with one attached hydrogen (secondary N) is 1. The summed E-state index contributed by atoms with van der Waals surface area (Å²) in [6.07, 6.45) is 2.20. The summed E-state index contributed by atoms with van der Waals surface area (Å²) in [6.45, 7) is 6.55. The summed E-state index contributed by atoms with van der Waals surface area (Å²) in [4.78, 5) is 0. The molecule has 3 nitrogen and oxygen atoms in total. The molecule has 18 heavy (non-hydrogen) atoms. The number of rotatable bonds is 7. The van der Waals surface area contributed by atoms with Crippen molar-refractivity contribution >= 4 is 0 Å². The van der Waals surface area contributed by atoms with Crippen LogP contribution >= 0.6 is 0 Å². The second-order valence-corrected chi connectivity index (χ2v) is 5.03. The van der Waals surface area contributed by atoms with E-state index in [1.807, 2.05) is 0 Å². The van der Waals surface area contributed by atoms with Crippen LogP contribution in [0.4, 0.5) is 0 Å². The molecule has 0 aromatic heterocycles. The molecule has 0 aliphatic carbocycles. The lowest BCUT2D eigenvalue weighted by atomic mass is 9.95. The Hall–Kier alpha value is -0.900. The van der Waals surface area contributed by atoms with Crippen LogP contribution in [0.3, 0.4) is 0 Å². The first-order chi connectivity index (χ1) is 8.63. The summed E-state index contributed by atoms with van der Waals surface area (Å²) in [6, 6.07) is 8.67. The van der Waals surface area contributed by atoms with E-state index >= 15 is 0 Å². The summed E-state index contributed by atoms with van der Waals surface area (Å²) in [5, 5.41) is 0. The summed E-state index contributed by atoms with van der Waals surface area (Å²) >= 11 is 0. The fourth-order valence-corrected chi connectivity index (χ4v) is 2.21. The van der Waals surface area contributed by atoms with Gasteiger partial charge in [-0.1, -0.05) is 51.5 Å². The molecule has 1 aromatic rings. The highest BCUT2D eigenvalue weighted by molar-refractivity contribution is 5.27. The van der Waals surface area contributed by atoms with Crippen molar-refractivity contribution in [3.05, 3.63) is 35.4 Å². The van der Waals surface area contributed by atoms with Gasteiger partial charge in [0.2, 0.25) is 0 Å². The zero-order valence-corrected chi connectivity index (χ0v) is 11.9. The van der Waals surface area contributed by atoms with Gasteiger partial charge in [-0.25, -0.2) is 0 Å². The van der Waals surface area contributed by atoms with E-state index in [1.54, 1.807) is 7.11 Å². The Morgan fingerprint density at radius 3 is 2.11 bits per heavy atom. The number of hydrazine groups is 1. The zero-order chi connectivity index (χ0) is 13.5. The number of nitrogens with two attached hydrogens (primary N) is 1. The minimum atomic E-state index is 0.0520. The second-order valence-electron chi connectivity index (χ2n) is 5.03. The Morgan fingerprint density at radius 1 is 1.17 bits per heavy atom. The van der Waals surface area contributed by atoms with Crippen LogP contribution in [-0.4, -0.2) is 13.2 Å². The molecule has 2 atom stereocenters. The molecular formula is C15H26N2O. The molecule has 0 heterocycles. The average molecular weight is 250 g/mol. The van der Waals surface area contributed by atoms with Crippen molar-refractivity contribution in [2.24, 2.45) is 5.84 Å². The third kappa shape index (κ3) is 3.80. The van der Waals surface area contributed by atoms with E-state index in [-0.39, 0.29) is 12.1 Å². The van der Waals surface area contributed by atoms with Crippen LogP contribution in [0.15, 0.2) is 24.3 Å². The summed E-state index contributed by atoms with van der Waals surface area (Å²) in [5.74, 6) is 6.23. The summed E-state index contributed by atoms with van der Waals surface area (Å²) in [5.41, 5.74) is 5.41. The van der Waals surface area contributed by atoms with Gasteiger partial charge in [0, 0.05) is 7.11 Å². The molecule has 2 unspecified atom stereocenters. The number of ether oxygens (including phenoxy) is 1. The van der Waals surface area contributed by atoms with Crippen LogP contribution < -0.4 is 11.3 Å². The van der Waals surface area contributed by atoms with Crippen molar-refractivity contribution in [3.63, 3.8) is 0 Å². The summed E-state index contributed by atoms with van der Waals surface area (Å²) < 4.78 is 5.53. The van der Waals surface area contributed by atoms with Crippen molar-refractivity contribution in [1.29, 1.82) is 0 Å². The van der Waals surface area contributed by atoms with Gasteiger partial charge in [-0.05, 0) is 23.5 Å². The Kier molecular flexibility index (Phi) is 6.33. The second kappa shape index (κ2) is 7.52. The molecule has 0 aliphatic heterocycles. The smallest absolute Gasteiger partial charge is 0.0778 e. The van der Waals surface area contributed by atoms with Crippen LogP contribution in [0.2, 0.25) is 0 Å². The van der Waals surface area contributed by atoms with Crippen molar-refractivity contribution in [3.8, 4) is 0 Å². The maximum Gasteiger partial charge on any atom is 0.0778 e. The predicted octanol–water partition coefficient (Wildman–Crippen LogP) is 3.13. The molecule has 0 saturated carbocycles. The van der Waals surface area contributed by atoms with Gasteiger partial charge in [0.1, 0.15) is 0 Å². The number of methoxy groups -OCH3 is 1. The van der Waals surface area contributed by atoms with E-state index in [0.717, 1.165) is 12.8 Å². The fraction of sp³-hybridized carbons (Fsp3) is 0.600. The third-order valence-corrected chi connectivity index (χ3v) is 3.39. The molecule has 102 valence electrons. The molecule has 3 N–H and O–H groups in total. The lowest BCUT2D eigenvalue weighted by Crippen LogP contribution is -2.37. The molecule has 1 aromatic carbocycles. The summed E-state index contributed by atoms with van der Waals surface area (Å²) in [7, 11) is 1.74. The Morgan fingerprint density at radius 2 is 1.72 bits per heavy atom. The highest BCUT2D eigenvalue weighted by Crippen LogP contribution is 2.23. The van der Waals surface area contributed by atoms with Crippen LogP contribution in [0.5, 0.6) is 0 Å². The largest absolute Gasteiger partial charge is 0.379 e. The van der Waals surface area contributed by atoms with Gasteiger partial charge in [-0.15, -0.1) is 0 Å². The van der Waals surface area contributed by atoms with Gasteiger partial charge >= 0.3 is 0 Å². The molecular weight excluding hydrogens is 224 g/mol. The van der Waals surface area contributed by atoms with Gasteiger partial charge in [-0.3, -0.25) is 11.3 Å². The SMILES string of the molecule is CCCC(OC)C(NN)c1ccc(C(C)C)cc1. The standard InChI is InChI=1S/C15H26N2O/c1-5-6-14(18-4)15(17-16)13-9-7-12(8-10-13)11(2)3/h7-11,14-15,17H,5-6,16H2,1-4H3. The van der Waals surface area contributed by atoms with E-state index in [0.29, 0.717) is 5.92 Å². The number of benzene rings is 1. The van der Waals surface area contributed by atoms with Crippen molar-refractivity contribution in [1.82, 2.24) is 5.43 Å². The first kappa shape index (κ1) is 15.2. The molecule has 0 fully saturated rings. The Balaban J connectivity index is 2.87. The first-order valence-electron chi connectivity index (χ1n) is 6.72. The van der Waals surface area contributed by atoms with Crippen molar-refractivity contribution in [2.45, 2.75) is 51.7 Å². The maximum atomic E-state index is 5.68. The van der Waals surface area contributed by atoms with Gasteiger partial charge in [-0.2, -0.15) is 0 Å². The maximum absolute atomic E-state index is 5.68. The van der Waals surface area contributed by atoms with Crippen molar-refractivity contribution < 1.29 is 4.74 Å². The van der Waals surface area contributed by atoms with E-state index in [4.69, 9.17) is 10.6 Å². The molecule has 0 amide bonds. The van der Waals surface area contributed by atoms with Crippen LogP contribution in [0.1, 0.15) is 56.7 Å². The molecule has 0 radical (unpaired) electrons. The van der Waals surface area contributed by atoms with Crippen LogP contribution in [0, 0.1) is 0 Å². The monoisotopic (exact) mass is 250 g/mol. The predicted molar refractivity (Wildman–Crippen MR) is 76.3 cm³/mol. The number of hydrogen-bond acceptors (Lipinski definition) is 3. The highest BCUT2D eigenvalue weighted by atomic mass is 16.5. The number of hydrogen-bond donors (Lipinski definition) is 2. The average Bonchev–Trinajstić information content (AvgIpc) is 2.39. The van der Waals surface area contributed by atoms with E-state index < -0.39 is 0 Å². The molecule has 0 bridgehead atoms. The van der Waals surface area contributed by atoms with Crippen LogP contribution in [0.25, 0.3) is 0 Å². The minimum Gasteiger partial charge on any atom is -0.379 e. The lowest BCUT2D eigenvalue weighted by Gasteiger charge is -2.25. The first-order valence-corrected chi connectivity index (χ1v) is 6.72. The molecule has 0 spiro atoms. The van der Waals surface area contributed by atoms with Gasteiger partial charge in [0.05, 0.1) is 12.1 Å². The lowest BCUT2D eigenvalue weighted by molar-refractivity contribution is 0.0606. The molecule has 1 rings (SSSR count). The highest BCUT2D eigenvalue weighted by Gasteiger charge is 2.21. The van der Waals surface area contributed by atoms with E-state index in [1.165, 1.54) is 11.1 Å². The van der Waals surface area contributed by atoms with Crippen LogP contribution in [-0.2, 0) is 4.74 Å². The molecule has 0 aliphatic rings. The zero-order valence-electron chi connectivity index (χ0n) is 11.9. The van der Waals surface area contributed by atoms with E-state index in [2.05, 4.69) is 50.5 Å². The fourth-order valence-electron chi connectivity index (χ4n) is 2.21. The normalized spacial score (nSPS) is 14.8. The Labute approximate surface area is 111 Å². The van der Waals surface area contributed by atoms with Gasteiger partial charge < -0.3 is 4.74 Å². The molecule has 0 saturated heterocycles. The van der Waals surface area contributed by atoms with Gasteiger partial charge in [0.25, 0.3) is 0 Å².